The van der Waals surface area contributed by atoms with Gasteiger partial charge in [-0.25, -0.2) is 0 Å². The Morgan fingerprint density at radius 3 is 2.75 bits per heavy atom. The van der Waals surface area contributed by atoms with E-state index in [4.69, 9.17) is 0 Å². The van der Waals surface area contributed by atoms with Crippen molar-refractivity contribution in [2.45, 2.75) is 20.0 Å². The molecule has 0 aliphatic carbocycles. The fraction of sp³-hybridized carbons (Fsp3) is 0.800. The molecule has 0 saturated heterocycles. The van der Waals surface area contributed by atoms with Gasteiger partial charge < -0.3 is 5.32 Å². The molecular weight excluding hydrogens is 104 g/mol. The van der Waals surface area contributed by atoms with Crippen LogP contribution in [0, 0.1) is 0 Å². The molecule has 0 aliphatic heterocycles. The number of carbonyl (C=O) groups is 1. The molecule has 2 N–H and O–H groups in total. The van der Waals surface area contributed by atoms with Crippen LogP contribution in [0.5, 0.6) is 0 Å². The van der Waals surface area contributed by atoms with Crippen LogP contribution in [0.25, 0.3) is 0 Å². The Morgan fingerprint density at radius 1 is 1.75 bits per heavy atom. The SMILES string of the molecule is CCNC(C)NC=O. The number of amides is 1. The Bertz CT molecular complexity index is 65.4. The van der Waals surface area contributed by atoms with Crippen LogP contribution < -0.4 is 10.6 Å². The second kappa shape index (κ2) is 4.59. The van der Waals surface area contributed by atoms with Gasteiger partial charge in [-0.05, 0) is 13.5 Å². The van der Waals surface area contributed by atoms with E-state index in [0.29, 0.717) is 6.41 Å². The quantitative estimate of drug-likeness (QED) is 0.390. The molecule has 0 aliphatic rings. The van der Waals surface area contributed by atoms with E-state index in [0.717, 1.165) is 6.54 Å². The summed E-state index contributed by atoms with van der Waals surface area (Å²) in [5, 5.41) is 5.56. The maximum absolute atomic E-state index is 9.74. The van der Waals surface area contributed by atoms with Gasteiger partial charge in [-0.2, -0.15) is 0 Å². The predicted molar refractivity (Wildman–Crippen MR) is 32.3 cm³/mol. The molecule has 3 heteroatoms. The lowest BCUT2D eigenvalue weighted by Gasteiger charge is -2.08. The molecule has 0 bridgehead atoms. The van der Waals surface area contributed by atoms with E-state index < -0.39 is 0 Å². The lowest BCUT2D eigenvalue weighted by molar-refractivity contribution is -0.110. The molecule has 48 valence electrons. The number of rotatable bonds is 4. The fourth-order valence-electron chi connectivity index (χ4n) is 0.467. The topological polar surface area (TPSA) is 41.1 Å². The molecule has 3 nitrogen and oxygen atoms in total. The largest absolute Gasteiger partial charge is 0.344 e. The van der Waals surface area contributed by atoms with Gasteiger partial charge in [-0.1, -0.05) is 6.92 Å². The summed E-state index contributed by atoms with van der Waals surface area (Å²) in [5.41, 5.74) is 0. The molecule has 0 aromatic heterocycles. The number of nitrogens with one attached hydrogen (secondary N) is 2. The molecule has 0 saturated carbocycles. The number of carbonyl (C=O) groups excluding carboxylic acids is 1. The van der Waals surface area contributed by atoms with Crippen molar-refractivity contribution in [1.29, 1.82) is 0 Å². The first kappa shape index (κ1) is 7.43. The Balaban J connectivity index is 3.03. The van der Waals surface area contributed by atoms with Crippen molar-refractivity contribution in [2.24, 2.45) is 0 Å². The van der Waals surface area contributed by atoms with Crippen molar-refractivity contribution in [3.63, 3.8) is 0 Å². The third kappa shape index (κ3) is 3.61. The van der Waals surface area contributed by atoms with Crippen molar-refractivity contribution < 1.29 is 4.79 Å². The van der Waals surface area contributed by atoms with E-state index in [1.54, 1.807) is 0 Å². The normalized spacial score (nSPS) is 12.8. The van der Waals surface area contributed by atoms with Gasteiger partial charge in [0.25, 0.3) is 0 Å². The standard InChI is InChI=1S/C5H12N2O/c1-3-6-5(2)7-4-8/h4-6H,3H2,1-2H3,(H,7,8). The van der Waals surface area contributed by atoms with E-state index in [1.165, 1.54) is 0 Å². The van der Waals surface area contributed by atoms with Gasteiger partial charge in [-0.3, -0.25) is 10.1 Å². The summed E-state index contributed by atoms with van der Waals surface area (Å²) in [6, 6.07) is 0. The summed E-state index contributed by atoms with van der Waals surface area (Å²) in [6.45, 7) is 4.75. The minimum Gasteiger partial charge on any atom is -0.344 e. The van der Waals surface area contributed by atoms with Crippen molar-refractivity contribution in [2.75, 3.05) is 6.54 Å². The summed E-state index contributed by atoms with van der Waals surface area (Å²) >= 11 is 0. The van der Waals surface area contributed by atoms with E-state index in [-0.39, 0.29) is 6.17 Å². The van der Waals surface area contributed by atoms with Gasteiger partial charge in [0.15, 0.2) is 0 Å². The predicted octanol–water partition coefficient (Wildman–Crippen LogP) is -0.312. The highest BCUT2D eigenvalue weighted by atomic mass is 16.1. The first-order valence-electron chi connectivity index (χ1n) is 2.74. The molecule has 8 heavy (non-hydrogen) atoms. The van der Waals surface area contributed by atoms with E-state index in [9.17, 15) is 4.79 Å². The zero-order valence-electron chi connectivity index (χ0n) is 5.27. The van der Waals surface area contributed by atoms with Crippen molar-refractivity contribution in [1.82, 2.24) is 10.6 Å². The number of hydrogen-bond donors (Lipinski definition) is 2. The van der Waals surface area contributed by atoms with Crippen LogP contribution in [0.3, 0.4) is 0 Å². The van der Waals surface area contributed by atoms with Crippen LogP contribution in [0.4, 0.5) is 0 Å². The van der Waals surface area contributed by atoms with Crippen molar-refractivity contribution >= 4 is 6.41 Å². The molecule has 0 aromatic rings. The molecule has 0 fully saturated rings. The molecule has 0 heterocycles. The van der Waals surface area contributed by atoms with Gasteiger partial charge in [0.2, 0.25) is 6.41 Å². The molecule has 0 radical (unpaired) electrons. The molecule has 1 atom stereocenters. The first-order valence-corrected chi connectivity index (χ1v) is 2.74. The highest BCUT2D eigenvalue weighted by Crippen LogP contribution is 1.67. The third-order valence-electron chi connectivity index (χ3n) is 0.828. The average molecular weight is 116 g/mol. The second-order valence-corrected chi connectivity index (χ2v) is 1.56. The Morgan fingerprint density at radius 2 is 2.38 bits per heavy atom. The minimum absolute atomic E-state index is 0.0949. The Kier molecular flexibility index (Phi) is 4.26. The number of hydrogen-bond acceptors (Lipinski definition) is 2. The first-order chi connectivity index (χ1) is 3.81. The van der Waals surface area contributed by atoms with Crippen LogP contribution in [0.2, 0.25) is 0 Å². The maximum Gasteiger partial charge on any atom is 0.208 e. The van der Waals surface area contributed by atoms with Crippen LogP contribution >= 0.6 is 0 Å². The van der Waals surface area contributed by atoms with Gasteiger partial charge in [0, 0.05) is 0 Å². The Labute approximate surface area is 49.5 Å². The van der Waals surface area contributed by atoms with Gasteiger partial charge in [-0.15, -0.1) is 0 Å². The highest BCUT2D eigenvalue weighted by molar-refractivity contribution is 5.46. The second-order valence-electron chi connectivity index (χ2n) is 1.56. The maximum atomic E-state index is 9.74. The highest BCUT2D eigenvalue weighted by Gasteiger charge is 1.91. The smallest absolute Gasteiger partial charge is 0.208 e. The molecule has 0 spiro atoms. The Hall–Kier alpha value is -0.570. The molecule has 1 amide bonds. The third-order valence-corrected chi connectivity index (χ3v) is 0.828. The van der Waals surface area contributed by atoms with E-state index in [1.807, 2.05) is 13.8 Å². The summed E-state index contributed by atoms with van der Waals surface area (Å²) in [5.74, 6) is 0. The van der Waals surface area contributed by atoms with Crippen molar-refractivity contribution in [3.8, 4) is 0 Å². The zero-order chi connectivity index (χ0) is 6.41. The molecule has 0 aromatic carbocycles. The fourth-order valence-corrected chi connectivity index (χ4v) is 0.467. The van der Waals surface area contributed by atoms with Gasteiger partial charge in [0.1, 0.15) is 0 Å². The minimum atomic E-state index is 0.0949. The summed E-state index contributed by atoms with van der Waals surface area (Å²) in [4.78, 5) is 9.74. The lowest BCUT2D eigenvalue weighted by Crippen LogP contribution is -2.38. The molecule has 1 unspecified atom stereocenters. The monoisotopic (exact) mass is 116 g/mol. The zero-order valence-corrected chi connectivity index (χ0v) is 5.27. The molecule has 0 rings (SSSR count). The van der Waals surface area contributed by atoms with Crippen molar-refractivity contribution in [3.05, 3.63) is 0 Å². The summed E-state index contributed by atoms with van der Waals surface area (Å²) in [7, 11) is 0. The van der Waals surface area contributed by atoms with Crippen LogP contribution in [-0.2, 0) is 4.79 Å². The van der Waals surface area contributed by atoms with Crippen LogP contribution in [-0.4, -0.2) is 19.1 Å². The lowest BCUT2D eigenvalue weighted by atomic mass is 10.5. The summed E-state index contributed by atoms with van der Waals surface area (Å²) < 4.78 is 0. The molecular formula is C5H12N2O. The van der Waals surface area contributed by atoms with Crippen LogP contribution in [0.15, 0.2) is 0 Å². The average Bonchev–Trinajstić information content (AvgIpc) is 1.68. The van der Waals surface area contributed by atoms with E-state index in [2.05, 4.69) is 10.6 Å². The summed E-state index contributed by atoms with van der Waals surface area (Å²) in [6.07, 6.45) is 0.783. The van der Waals surface area contributed by atoms with Gasteiger partial charge >= 0.3 is 0 Å². The van der Waals surface area contributed by atoms with E-state index >= 15 is 0 Å². The van der Waals surface area contributed by atoms with Crippen LogP contribution in [0.1, 0.15) is 13.8 Å². The van der Waals surface area contributed by atoms with Gasteiger partial charge in [0.05, 0.1) is 6.17 Å².